The van der Waals surface area contributed by atoms with Gasteiger partial charge in [-0.05, 0) is 12.1 Å². The number of anilines is 1. The van der Waals surface area contributed by atoms with Gasteiger partial charge in [0, 0.05) is 56.8 Å². The van der Waals surface area contributed by atoms with Gasteiger partial charge in [0.15, 0.2) is 5.82 Å². The van der Waals surface area contributed by atoms with E-state index in [-0.39, 0.29) is 5.92 Å². The Kier molecular flexibility index (Phi) is 5.11. The Morgan fingerprint density at radius 1 is 1.29 bits per heavy atom. The standard InChI is InChI=1S/C18H23N5O/c1-4-5-8-22-9-11-23(12-10-22)16-13-15(6-7-19-16)18-20-17(14(2)3)21-24-18/h1,6-7,13-14H,5,8-12H2,2-3H3. The van der Waals surface area contributed by atoms with Gasteiger partial charge in [-0.1, -0.05) is 19.0 Å². The molecular weight excluding hydrogens is 302 g/mol. The summed E-state index contributed by atoms with van der Waals surface area (Å²) in [6, 6.07) is 3.93. The van der Waals surface area contributed by atoms with E-state index in [1.807, 2.05) is 26.0 Å². The van der Waals surface area contributed by atoms with Crippen molar-refractivity contribution in [3.63, 3.8) is 0 Å². The van der Waals surface area contributed by atoms with Crippen molar-refractivity contribution in [1.29, 1.82) is 0 Å². The van der Waals surface area contributed by atoms with Crippen LogP contribution in [-0.2, 0) is 0 Å². The first-order valence-electron chi connectivity index (χ1n) is 8.38. The van der Waals surface area contributed by atoms with Gasteiger partial charge in [0.2, 0.25) is 0 Å². The van der Waals surface area contributed by atoms with Gasteiger partial charge in [-0.3, -0.25) is 4.90 Å². The summed E-state index contributed by atoms with van der Waals surface area (Å²) in [4.78, 5) is 13.6. The predicted octanol–water partition coefficient (Wildman–Crippen LogP) is 2.40. The summed E-state index contributed by atoms with van der Waals surface area (Å²) in [6.45, 7) is 8.97. The summed E-state index contributed by atoms with van der Waals surface area (Å²) in [6.07, 6.45) is 7.95. The van der Waals surface area contributed by atoms with Crippen LogP contribution in [0.15, 0.2) is 22.9 Å². The zero-order chi connectivity index (χ0) is 16.9. The number of nitrogens with zero attached hydrogens (tertiary/aromatic N) is 5. The largest absolute Gasteiger partial charge is 0.354 e. The average Bonchev–Trinajstić information content (AvgIpc) is 3.11. The van der Waals surface area contributed by atoms with Crippen molar-refractivity contribution >= 4 is 5.82 Å². The third kappa shape index (κ3) is 3.74. The molecule has 0 N–H and O–H groups in total. The van der Waals surface area contributed by atoms with Gasteiger partial charge in [-0.25, -0.2) is 4.98 Å². The minimum atomic E-state index is 0.250. The molecule has 0 bridgehead atoms. The van der Waals surface area contributed by atoms with Crippen LogP contribution < -0.4 is 4.90 Å². The van der Waals surface area contributed by atoms with E-state index in [0.29, 0.717) is 5.89 Å². The van der Waals surface area contributed by atoms with Crippen LogP contribution in [0.1, 0.15) is 32.0 Å². The fourth-order valence-electron chi connectivity index (χ4n) is 2.73. The third-order valence-corrected chi connectivity index (χ3v) is 4.22. The highest BCUT2D eigenvalue weighted by Gasteiger charge is 2.19. The highest BCUT2D eigenvalue weighted by molar-refractivity contribution is 5.58. The molecule has 0 amide bonds. The van der Waals surface area contributed by atoms with Crippen LogP contribution in [0.2, 0.25) is 0 Å². The van der Waals surface area contributed by atoms with E-state index in [4.69, 9.17) is 10.9 Å². The molecule has 1 saturated heterocycles. The number of terminal acetylenes is 1. The van der Waals surface area contributed by atoms with Gasteiger partial charge in [0.1, 0.15) is 5.82 Å². The van der Waals surface area contributed by atoms with E-state index in [0.717, 1.165) is 56.4 Å². The molecule has 6 heteroatoms. The maximum absolute atomic E-state index is 5.38. The zero-order valence-corrected chi connectivity index (χ0v) is 14.3. The topological polar surface area (TPSA) is 58.3 Å². The van der Waals surface area contributed by atoms with Gasteiger partial charge >= 0.3 is 0 Å². The summed E-state index contributed by atoms with van der Waals surface area (Å²) in [7, 11) is 0. The Bertz CT molecular complexity index is 710. The molecular formula is C18H23N5O. The fraction of sp³-hybridized carbons (Fsp3) is 0.500. The van der Waals surface area contributed by atoms with E-state index in [1.54, 1.807) is 6.20 Å². The molecule has 6 nitrogen and oxygen atoms in total. The van der Waals surface area contributed by atoms with Crippen molar-refractivity contribution in [2.45, 2.75) is 26.2 Å². The lowest BCUT2D eigenvalue weighted by atomic mass is 10.2. The Balaban J connectivity index is 1.68. The maximum Gasteiger partial charge on any atom is 0.258 e. The highest BCUT2D eigenvalue weighted by atomic mass is 16.5. The molecule has 2 aromatic heterocycles. The Labute approximate surface area is 142 Å². The second kappa shape index (κ2) is 7.45. The quantitative estimate of drug-likeness (QED) is 0.787. The number of rotatable bonds is 5. The summed E-state index contributed by atoms with van der Waals surface area (Å²) >= 11 is 0. The van der Waals surface area contributed by atoms with E-state index in [9.17, 15) is 0 Å². The molecule has 1 fully saturated rings. The molecule has 0 spiro atoms. The molecule has 0 aromatic carbocycles. The number of hydrogen-bond donors (Lipinski definition) is 0. The first kappa shape index (κ1) is 16.5. The maximum atomic E-state index is 5.38. The second-order valence-corrected chi connectivity index (χ2v) is 6.30. The fourth-order valence-corrected chi connectivity index (χ4v) is 2.73. The molecule has 1 aliphatic rings. The molecule has 1 aliphatic heterocycles. The van der Waals surface area contributed by atoms with Crippen LogP contribution in [0.25, 0.3) is 11.5 Å². The van der Waals surface area contributed by atoms with Crippen molar-refractivity contribution in [1.82, 2.24) is 20.0 Å². The molecule has 24 heavy (non-hydrogen) atoms. The van der Waals surface area contributed by atoms with Crippen LogP contribution >= 0.6 is 0 Å². The molecule has 0 aliphatic carbocycles. The molecule has 3 heterocycles. The summed E-state index contributed by atoms with van der Waals surface area (Å²) in [5.41, 5.74) is 0.911. The van der Waals surface area contributed by atoms with Gasteiger partial charge < -0.3 is 9.42 Å². The summed E-state index contributed by atoms with van der Waals surface area (Å²) < 4.78 is 5.38. The molecule has 0 saturated carbocycles. The molecule has 0 atom stereocenters. The number of pyridine rings is 1. The van der Waals surface area contributed by atoms with Crippen LogP contribution in [0.5, 0.6) is 0 Å². The Hall–Kier alpha value is -2.39. The van der Waals surface area contributed by atoms with Crippen LogP contribution in [0.4, 0.5) is 5.82 Å². The lowest BCUT2D eigenvalue weighted by molar-refractivity contribution is 0.263. The van der Waals surface area contributed by atoms with Crippen molar-refractivity contribution in [3.05, 3.63) is 24.2 Å². The van der Waals surface area contributed by atoms with E-state index in [2.05, 4.69) is 30.8 Å². The van der Waals surface area contributed by atoms with E-state index < -0.39 is 0 Å². The SMILES string of the molecule is C#CCCN1CCN(c2cc(-c3nc(C(C)C)no3)ccn2)CC1. The smallest absolute Gasteiger partial charge is 0.258 e. The zero-order valence-electron chi connectivity index (χ0n) is 14.3. The first-order chi connectivity index (χ1) is 11.7. The average molecular weight is 325 g/mol. The van der Waals surface area contributed by atoms with Gasteiger partial charge in [-0.15, -0.1) is 12.3 Å². The molecule has 2 aromatic rings. The molecule has 126 valence electrons. The van der Waals surface area contributed by atoms with Crippen molar-refractivity contribution < 1.29 is 4.52 Å². The van der Waals surface area contributed by atoms with Crippen LogP contribution in [-0.4, -0.2) is 52.7 Å². The Morgan fingerprint density at radius 2 is 2.08 bits per heavy atom. The first-order valence-corrected chi connectivity index (χ1v) is 8.38. The van der Waals surface area contributed by atoms with Gasteiger partial charge in [0.25, 0.3) is 5.89 Å². The number of hydrogen-bond acceptors (Lipinski definition) is 6. The van der Waals surface area contributed by atoms with E-state index in [1.165, 1.54) is 0 Å². The van der Waals surface area contributed by atoms with E-state index >= 15 is 0 Å². The normalized spacial score (nSPS) is 15.7. The van der Waals surface area contributed by atoms with Crippen LogP contribution in [0.3, 0.4) is 0 Å². The lowest BCUT2D eigenvalue weighted by Gasteiger charge is -2.35. The minimum Gasteiger partial charge on any atom is -0.354 e. The predicted molar refractivity (Wildman–Crippen MR) is 93.7 cm³/mol. The monoisotopic (exact) mass is 325 g/mol. The van der Waals surface area contributed by atoms with Gasteiger partial charge in [0.05, 0.1) is 0 Å². The van der Waals surface area contributed by atoms with Crippen molar-refractivity contribution in [2.75, 3.05) is 37.6 Å². The van der Waals surface area contributed by atoms with Crippen molar-refractivity contribution in [3.8, 4) is 23.8 Å². The summed E-state index contributed by atoms with van der Waals surface area (Å²) in [5.74, 6) is 5.18. The third-order valence-electron chi connectivity index (χ3n) is 4.22. The highest BCUT2D eigenvalue weighted by Crippen LogP contribution is 2.23. The minimum absolute atomic E-state index is 0.250. The van der Waals surface area contributed by atoms with Crippen molar-refractivity contribution in [2.24, 2.45) is 0 Å². The number of piperazine rings is 1. The number of aromatic nitrogens is 3. The second-order valence-electron chi connectivity index (χ2n) is 6.30. The van der Waals surface area contributed by atoms with Gasteiger partial charge in [-0.2, -0.15) is 4.98 Å². The molecule has 0 unspecified atom stereocenters. The molecule has 3 rings (SSSR count). The Morgan fingerprint density at radius 3 is 2.75 bits per heavy atom. The summed E-state index contributed by atoms with van der Waals surface area (Å²) in [5, 5.41) is 4.03. The molecule has 0 radical (unpaired) electrons. The lowest BCUT2D eigenvalue weighted by Crippen LogP contribution is -2.46. The van der Waals surface area contributed by atoms with Crippen LogP contribution in [0, 0.1) is 12.3 Å².